The Hall–Kier alpha value is -0.160. The molecule has 4 rings (SSSR count). The van der Waals surface area contributed by atoms with Crippen molar-refractivity contribution >= 4 is 0 Å². The SMILES string of the molecule is CO[C@H]1O[C@@H](OC)[C@H]2[C@@H]3CC[C@H](C[C@H]3O)[C@H]12. The Morgan fingerprint density at radius 3 is 2.38 bits per heavy atom. The fraction of sp³-hybridized carbons (Fsp3) is 1.00. The first-order valence-electron chi connectivity index (χ1n) is 6.15. The molecule has 3 aliphatic carbocycles. The first-order valence-corrected chi connectivity index (χ1v) is 6.15. The molecule has 2 bridgehead atoms. The molecule has 4 nitrogen and oxygen atoms in total. The van der Waals surface area contributed by atoms with Crippen LogP contribution < -0.4 is 0 Å². The summed E-state index contributed by atoms with van der Waals surface area (Å²) in [4.78, 5) is 0. The number of hydrogen-bond donors (Lipinski definition) is 1. The molecule has 0 aromatic carbocycles. The van der Waals surface area contributed by atoms with Crippen LogP contribution in [0.5, 0.6) is 0 Å². The number of methoxy groups -OCH3 is 2. The predicted molar refractivity (Wildman–Crippen MR) is 56.5 cm³/mol. The van der Waals surface area contributed by atoms with Crippen LogP contribution in [-0.4, -0.2) is 38.0 Å². The van der Waals surface area contributed by atoms with Crippen molar-refractivity contribution in [3.05, 3.63) is 0 Å². The molecule has 0 unspecified atom stereocenters. The molecule has 0 spiro atoms. The monoisotopic (exact) mass is 228 g/mol. The molecule has 0 aromatic heterocycles. The van der Waals surface area contributed by atoms with Crippen LogP contribution in [0.1, 0.15) is 19.3 Å². The van der Waals surface area contributed by atoms with Crippen LogP contribution in [-0.2, 0) is 14.2 Å². The minimum absolute atomic E-state index is 0.143. The smallest absolute Gasteiger partial charge is 0.163 e. The van der Waals surface area contributed by atoms with Gasteiger partial charge in [0.15, 0.2) is 12.6 Å². The molecule has 16 heavy (non-hydrogen) atoms. The van der Waals surface area contributed by atoms with Gasteiger partial charge in [-0.1, -0.05) is 0 Å². The Balaban J connectivity index is 1.89. The fourth-order valence-corrected chi connectivity index (χ4v) is 4.13. The van der Waals surface area contributed by atoms with Gasteiger partial charge >= 0.3 is 0 Å². The minimum atomic E-state index is -0.197. The highest BCUT2D eigenvalue weighted by atomic mass is 16.8. The molecule has 4 heteroatoms. The van der Waals surface area contributed by atoms with Gasteiger partial charge in [-0.15, -0.1) is 0 Å². The van der Waals surface area contributed by atoms with E-state index in [-0.39, 0.29) is 18.7 Å². The van der Waals surface area contributed by atoms with Crippen molar-refractivity contribution in [3.8, 4) is 0 Å². The van der Waals surface area contributed by atoms with E-state index in [2.05, 4.69) is 0 Å². The lowest BCUT2D eigenvalue weighted by molar-refractivity contribution is -0.199. The number of aliphatic hydroxyl groups is 1. The summed E-state index contributed by atoms with van der Waals surface area (Å²) in [7, 11) is 3.37. The lowest BCUT2D eigenvalue weighted by Crippen LogP contribution is -2.50. The van der Waals surface area contributed by atoms with E-state index in [1.54, 1.807) is 14.2 Å². The zero-order valence-corrected chi connectivity index (χ0v) is 9.83. The van der Waals surface area contributed by atoms with Crippen LogP contribution in [0.25, 0.3) is 0 Å². The van der Waals surface area contributed by atoms with Crippen molar-refractivity contribution in [2.75, 3.05) is 14.2 Å². The molecule has 0 amide bonds. The molecule has 4 aliphatic rings. The third kappa shape index (κ3) is 1.37. The van der Waals surface area contributed by atoms with Gasteiger partial charge in [-0.3, -0.25) is 0 Å². The Labute approximate surface area is 95.9 Å². The quantitative estimate of drug-likeness (QED) is 0.765. The number of fused-ring (bicyclic) bond motifs is 2. The maximum absolute atomic E-state index is 10.1. The molecular weight excluding hydrogens is 208 g/mol. The maximum atomic E-state index is 10.1. The molecule has 1 aliphatic heterocycles. The van der Waals surface area contributed by atoms with Crippen molar-refractivity contribution < 1.29 is 19.3 Å². The summed E-state index contributed by atoms with van der Waals surface area (Å²) in [6.07, 6.45) is 2.70. The van der Waals surface area contributed by atoms with Gasteiger partial charge in [0.05, 0.1) is 6.10 Å². The van der Waals surface area contributed by atoms with Crippen molar-refractivity contribution in [1.82, 2.24) is 0 Å². The summed E-state index contributed by atoms with van der Waals surface area (Å²) >= 11 is 0. The second-order valence-corrected chi connectivity index (χ2v) is 5.30. The van der Waals surface area contributed by atoms with Crippen LogP contribution in [0, 0.1) is 23.7 Å². The van der Waals surface area contributed by atoms with E-state index in [1.165, 1.54) is 6.42 Å². The van der Waals surface area contributed by atoms with E-state index in [4.69, 9.17) is 14.2 Å². The van der Waals surface area contributed by atoms with Crippen LogP contribution >= 0.6 is 0 Å². The van der Waals surface area contributed by atoms with E-state index in [9.17, 15) is 5.11 Å². The van der Waals surface area contributed by atoms with Gasteiger partial charge in [-0.2, -0.15) is 0 Å². The summed E-state index contributed by atoms with van der Waals surface area (Å²) in [5.41, 5.74) is 0. The first-order chi connectivity index (χ1) is 7.76. The van der Waals surface area contributed by atoms with E-state index in [1.807, 2.05) is 0 Å². The Morgan fingerprint density at radius 2 is 1.75 bits per heavy atom. The summed E-state index contributed by atoms with van der Waals surface area (Å²) in [6.45, 7) is 0. The maximum Gasteiger partial charge on any atom is 0.163 e. The second kappa shape index (κ2) is 3.95. The predicted octanol–water partition coefficient (Wildman–Crippen LogP) is 0.985. The van der Waals surface area contributed by atoms with Crippen LogP contribution in [0.3, 0.4) is 0 Å². The molecule has 3 saturated carbocycles. The molecule has 0 aromatic rings. The van der Waals surface area contributed by atoms with E-state index in [0.717, 1.165) is 12.8 Å². The average Bonchev–Trinajstić information content (AvgIpc) is 2.69. The largest absolute Gasteiger partial charge is 0.393 e. The van der Waals surface area contributed by atoms with Gasteiger partial charge in [-0.05, 0) is 31.1 Å². The topological polar surface area (TPSA) is 47.9 Å². The van der Waals surface area contributed by atoms with E-state index < -0.39 is 0 Å². The molecule has 1 saturated heterocycles. The Kier molecular flexibility index (Phi) is 2.70. The lowest BCUT2D eigenvalue weighted by atomic mass is 9.58. The van der Waals surface area contributed by atoms with Gasteiger partial charge < -0.3 is 19.3 Å². The molecule has 7 atom stereocenters. The standard InChI is InChI=1S/C12H20O4/c1-14-11-9-6-3-4-7(8(13)5-6)10(9)12(15-2)16-11/h6-13H,3-5H2,1-2H3/t6-,7-,8-,9+,10+,11+,12-/m1/s1. The van der Waals surface area contributed by atoms with Crippen molar-refractivity contribution in [2.45, 2.75) is 37.9 Å². The van der Waals surface area contributed by atoms with Gasteiger partial charge in [0.2, 0.25) is 0 Å². The summed E-state index contributed by atoms with van der Waals surface area (Å²) in [5.74, 6) is 1.60. The van der Waals surface area contributed by atoms with Gasteiger partial charge in [-0.25, -0.2) is 0 Å². The molecule has 92 valence electrons. The fourth-order valence-electron chi connectivity index (χ4n) is 4.13. The van der Waals surface area contributed by atoms with Crippen LogP contribution in [0.4, 0.5) is 0 Å². The molecule has 1 N–H and O–H groups in total. The van der Waals surface area contributed by atoms with Crippen molar-refractivity contribution in [1.29, 1.82) is 0 Å². The average molecular weight is 228 g/mol. The number of ether oxygens (including phenoxy) is 3. The van der Waals surface area contributed by atoms with Gasteiger partial charge in [0.25, 0.3) is 0 Å². The van der Waals surface area contributed by atoms with Gasteiger partial charge in [0, 0.05) is 26.1 Å². The normalized spacial score (nSPS) is 55.3. The van der Waals surface area contributed by atoms with Crippen molar-refractivity contribution in [2.24, 2.45) is 23.7 Å². The van der Waals surface area contributed by atoms with E-state index in [0.29, 0.717) is 23.7 Å². The van der Waals surface area contributed by atoms with Crippen LogP contribution in [0.15, 0.2) is 0 Å². The highest BCUT2D eigenvalue weighted by molar-refractivity contribution is 5.02. The highest BCUT2D eigenvalue weighted by Gasteiger charge is 2.58. The molecule has 1 heterocycles. The van der Waals surface area contributed by atoms with E-state index >= 15 is 0 Å². The summed E-state index contributed by atoms with van der Waals surface area (Å²) < 4.78 is 16.6. The summed E-state index contributed by atoms with van der Waals surface area (Å²) in [6, 6.07) is 0. The zero-order chi connectivity index (χ0) is 11.3. The van der Waals surface area contributed by atoms with Crippen LogP contribution in [0.2, 0.25) is 0 Å². The first kappa shape index (κ1) is 11.0. The number of hydrogen-bond acceptors (Lipinski definition) is 4. The summed E-state index contributed by atoms with van der Waals surface area (Å²) in [5, 5.41) is 10.1. The third-order valence-corrected chi connectivity index (χ3v) is 4.75. The minimum Gasteiger partial charge on any atom is -0.393 e. The highest BCUT2D eigenvalue weighted by Crippen LogP contribution is 2.55. The molecule has 4 fully saturated rings. The van der Waals surface area contributed by atoms with Gasteiger partial charge in [0.1, 0.15) is 0 Å². The number of rotatable bonds is 2. The number of aliphatic hydroxyl groups excluding tert-OH is 1. The Bertz CT molecular complexity index is 270. The zero-order valence-electron chi connectivity index (χ0n) is 9.83. The molecule has 0 radical (unpaired) electrons. The van der Waals surface area contributed by atoms with Crippen molar-refractivity contribution in [3.63, 3.8) is 0 Å². The lowest BCUT2D eigenvalue weighted by Gasteiger charge is -2.49. The molecular formula is C12H20O4. The second-order valence-electron chi connectivity index (χ2n) is 5.30. The Morgan fingerprint density at radius 1 is 1.06 bits per heavy atom. The third-order valence-electron chi connectivity index (χ3n) is 4.75.